The maximum Gasteiger partial charge on any atom is 0.336 e. The van der Waals surface area contributed by atoms with Crippen molar-refractivity contribution in [1.29, 1.82) is 0 Å². The molecule has 4 nitrogen and oxygen atoms in total. The molecule has 1 saturated carbocycles. The summed E-state index contributed by atoms with van der Waals surface area (Å²) in [6.07, 6.45) is 3.27. The number of nitrogens with one attached hydrogen (secondary N) is 1. The van der Waals surface area contributed by atoms with Crippen LogP contribution in [0.4, 0.5) is 0 Å². The number of amides is 1. The molecule has 2 N–H and O–H groups in total. The smallest absolute Gasteiger partial charge is 0.336 e. The van der Waals surface area contributed by atoms with E-state index in [4.69, 9.17) is 5.11 Å². The van der Waals surface area contributed by atoms with E-state index in [0.29, 0.717) is 11.8 Å². The van der Waals surface area contributed by atoms with Crippen molar-refractivity contribution in [2.75, 3.05) is 0 Å². The molecule has 20 heavy (non-hydrogen) atoms. The summed E-state index contributed by atoms with van der Waals surface area (Å²) >= 11 is 0. The lowest BCUT2D eigenvalue weighted by atomic mass is 9.78. The fraction of sp³-hybridized carbons (Fsp3) is 0.500. The van der Waals surface area contributed by atoms with E-state index in [1.165, 1.54) is 12.5 Å². The van der Waals surface area contributed by atoms with Crippen LogP contribution in [0.3, 0.4) is 0 Å². The van der Waals surface area contributed by atoms with Gasteiger partial charge in [-0.05, 0) is 30.4 Å². The van der Waals surface area contributed by atoms with Crippen LogP contribution in [0.1, 0.15) is 53.8 Å². The van der Waals surface area contributed by atoms with Gasteiger partial charge in [-0.1, -0.05) is 38.8 Å². The summed E-state index contributed by atoms with van der Waals surface area (Å²) in [7, 11) is 0. The third-order valence-corrected chi connectivity index (χ3v) is 4.43. The zero-order chi connectivity index (χ0) is 14.7. The molecule has 0 aromatic heterocycles. The second-order valence-electron chi connectivity index (χ2n) is 5.70. The molecule has 1 aromatic rings. The van der Waals surface area contributed by atoms with Crippen molar-refractivity contribution in [1.82, 2.24) is 5.32 Å². The standard InChI is InChI=1S/C16H21NO3/c1-10-6-5-9-14(11(10)2)17-15(18)12-7-3-4-8-13(12)16(19)20/h3-4,7-8,10-11,14H,5-6,9H2,1-2H3,(H,17,18)(H,19,20). The molecule has 3 unspecified atom stereocenters. The molecule has 2 rings (SSSR count). The SMILES string of the molecule is CC1CCCC(NC(=O)c2ccccc2C(=O)O)C1C. The molecular weight excluding hydrogens is 254 g/mol. The average Bonchev–Trinajstić information content (AvgIpc) is 2.43. The van der Waals surface area contributed by atoms with Crippen LogP contribution in [-0.2, 0) is 0 Å². The number of hydrogen-bond donors (Lipinski definition) is 2. The second-order valence-corrected chi connectivity index (χ2v) is 5.70. The number of carbonyl (C=O) groups excluding carboxylic acids is 1. The van der Waals surface area contributed by atoms with E-state index < -0.39 is 5.97 Å². The zero-order valence-corrected chi connectivity index (χ0v) is 11.9. The highest BCUT2D eigenvalue weighted by Crippen LogP contribution is 2.29. The van der Waals surface area contributed by atoms with E-state index in [0.717, 1.165) is 12.8 Å². The summed E-state index contributed by atoms with van der Waals surface area (Å²) in [4.78, 5) is 23.5. The Hall–Kier alpha value is -1.84. The molecule has 3 atom stereocenters. The lowest BCUT2D eigenvalue weighted by molar-refractivity contribution is 0.0689. The molecule has 108 valence electrons. The Kier molecular flexibility index (Phi) is 4.42. The van der Waals surface area contributed by atoms with Crippen molar-refractivity contribution in [2.24, 2.45) is 11.8 Å². The number of hydrogen-bond acceptors (Lipinski definition) is 2. The summed E-state index contributed by atoms with van der Waals surface area (Å²) in [5.41, 5.74) is 0.298. The minimum atomic E-state index is -1.07. The highest BCUT2D eigenvalue weighted by molar-refractivity contribution is 6.04. The van der Waals surface area contributed by atoms with Gasteiger partial charge >= 0.3 is 5.97 Å². The Morgan fingerprint density at radius 1 is 1.15 bits per heavy atom. The second kappa shape index (κ2) is 6.07. The van der Waals surface area contributed by atoms with Crippen molar-refractivity contribution in [3.05, 3.63) is 35.4 Å². The zero-order valence-electron chi connectivity index (χ0n) is 11.9. The predicted octanol–water partition coefficient (Wildman–Crippen LogP) is 2.94. The monoisotopic (exact) mass is 275 g/mol. The van der Waals surface area contributed by atoms with Crippen LogP contribution in [0.2, 0.25) is 0 Å². The van der Waals surface area contributed by atoms with Crippen LogP contribution in [0.25, 0.3) is 0 Å². The Morgan fingerprint density at radius 3 is 2.45 bits per heavy atom. The van der Waals surface area contributed by atoms with Gasteiger partial charge in [-0.15, -0.1) is 0 Å². The number of carbonyl (C=O) groups is 2. The summed E-state index contributed by atoms with van der Waals surface area (Å²) in [5.74, 6) is -0.344. The minimum absolute atomic E-state index is 0.0570. The first-order valence-electron chi connectivity index (χ1n) is 7.14. The van der Waals surface area contributed by atoms with Crippen LogP contribution in [0.15, 0.2) is 24.3 Å². The summed E-state index contributed by atoms with van der Waals surface area (Å²) in [6, 6.07) is 6.48. The summed E-state index contributed by atoms with van der Waals surface area (Å²) in [5, 5.41) is 12.1. The molecule has 0 bridgehead atoms. The highest BCUT2D eigenvalue weighted by atomic mass is 16.4. The molecule has 0 aliphatic heterocycles. The lowest BCUT2D eigenvalue weighted by Crippen LogP contribution is -2.44. The number of benzene rings is 1. The Labute approximate surface area is 119 Å². The van der Waals surface area contributed by atoms with Crippen molar-refractivity contribution in [3.63, 3.8) is 0 Å². The molecular formula is C16H21NO3. The minimum Gasteiger partial charge on any atom is -0.478 e. The fourth-order valence-electron chi connectivity index (χ4n) is 2.90. The van der Waals surface area contributed by atoms with E-state index >= 15 is 0 Å². The molecule has 0 spiro atoms. The van der Waals surface area contributed by atoms with E-state index in [1.807, 2.05) is 0 Å². The quantitative estimate of drug-likeness (QED) is 0.891. The van der Waals surface area contributed by atoms with Crippen LogP contribution in [0.5, 0.6) is 0 Å². The number of rotatable bonds is 3. The Morgan fingerprint density at radius 2 is 1.80 bits per heavy atom. The van der Waals surface area contributed by atoms with Gasteiger partial charge < -0.3 is 10.4 Å². The topological polar surface area (TPSA) is 66.4 Å². The summed E-state index contributed by atoms with van der Waals surface area (Å²) in [6.45, 7) is 4.35. The van der Waals surface area contributed by atoms with Crippen LogP contribution in [0, 0.1) is 11.8 Å². The summed E-state index contributed by atoms with van der Waals surface area (Å²) < 4.78 is 0. The number of carboxylic acid groups (broad SMARTS) is 1. The van der Waals surface area contributed by atoms with Gasteiger partial charge in [0.1, 0.15) is 0 Å². The molecule has 1 aliphatic carbocycles. The van der Waals surface area contributed by atoms with E-state index in [-0.39, 0.29) is 23.1 Å². The largest absolute Gasteiger partial charge is 0.478 e. The molecule has 0 saturated heterocycles. The van der Waals surface area contributed by atoms with Crippen molar-refractivity contribution < 1.29 is 14.7 Å². The van der Waals surface area contributed by atoms with E-state index in [1.54, 1.807) is 18.2 Å². The average molecular weight is 275 g/mol. The maximum atomic E-state index is 12.3. The van der Waals surface area contributed by atoms with Gasteiger partial charge in [0.2, 0.25) is 0 Å². The fourth-order valence-corrected chi connectivity index (χ4v) is 2.90. The van der Waals surface area contributed by atoms with Gasteiger partial charge in [0.05, 0.1) is 11.1 Å². The molecule has 0 radical (unpaired) electrons. The van der Waals surface area contributed by atoms with Crippen LogP contribution >= 0.6 is 0 Å². The first-order chi connectivity index (χ1) is 9.50. The predicted molar refractivity (Wildman–Crippen MR) is 76.8 cm³/mol. The van der Waals surface area contributed by atoms with Crippen molar-refractivity contribution >= 4 is 11.9 Å². The van der Waals surface area contributed by atoms with Gasteiger partial charge in [0.25, 0.3) is 5.91 Å². The maximum absolute atomic E-state index is 12.3. The Balaban J connectivity index is 2.14. The normalized spacial score (nSPS) is 26.0. The molecule has 1 aromatic carbocycles. The van der Waals surface area contributed by atoms with Crippen molar-refractivity contribution in [3.8, 4) is 0 Å². The van der Waals surface area contributed by atoms with E-state index in [2.05, 4.69) is 19.2 Å². The lowest BCUT2D eigenvalue weighted by Gasteiger charge is -2.34. The van der Waals surface area contributed by atoms with Gasteiger partial charge in [-0.25, -0.2) is 4.79 Å². The van der Waals surface area contributed by atoms with Crippen molar-refractivity contribution in [2.45, 2.75) is 39.2 Å². The van der Waals surface area contributed by atoms with Crippen LogP contribution in [-0.4, -0.2) is 23.0 Å². The van der Waals surface area contributed by atoms with Gasteiger partial charge in [-0.2, -0.15) is 0 Å². The highest BCUT2D eigenvalue weighted by Gasteiger charge is 2.29. The molecule has 4 heteroatoms. The van der Waals surface area contributed by atoms with Gasteiger partial charge in [-0.3, -0.25) is 4.79 Å². The molecule has 1 fully saturated rings. The third kappa shape index (κ3) is 3.00. The first-order valence-corrected chi connectivity index (χ1v) is 7.14. The first kappa shape index (κ1) is 14.6. The Bertz CT molecular complexity index is 512. The van der Waals surface area contributed by atoms with Crippen LogP contribution < -0.4 is 5.32 Å². The van der Waals surface area contributed by atoms with Gasteiger partial charge in [0, 0.05) is 6.04 Å². The van der Waals surface area contributed by atoms with Gasteiger partial charge in [0.15, 0.2) is 0 Å². The van der Waals surface area contributed by atoms with E-state index in [9.17, 15) is 9.59 Å². The third-order valence-electron chi connectivity index (χ3n) is 4.43. The molecule has 1 aliphatic rings. The molecule has 1 amide bonds. The number of carboxylic acids is 1. The number of aromatic carboxylic acids is 1. The molecule has 0 heterocycles.